The molecule has 0 N–H and O–H groups in total. The quantitative estimate of drug-likeness (QED) is 0.540. The maximum atomic E-state index is 13.4. The highest BCUT2D eigenvalue weighted by atomic mass is 35.5. The molecule has 0 aliphatic carbocycles. The molecule has 10 heteroatoms. The summed E-state index contributed by atoms with van der Waals surface area (Å²) in [6.45, 7) is 7.06. The van der Waals surface area contributed by atoms with Gasteiger partial charge in [0.2, 0.25) is 9.84 Å². The Labute approximate surface area is 192 Å². The zero-order valence-electron chi connectivity index (χ0n) is 18.5. The van der Waals surface area contributed by atoms with Crippen LogP contribution in [0.15, 0.2) is 58.6 Å². The molecule has 0 aliphatic heterocycles. The summed E-state index contributed by atoms with van der Waals surface area (Å²) in [4.78, 5) is 17.9. The molecule has 2 aromatic heterocycles. The number of rotatable bonds is 5. The van der Waals surface area contributed by atoms with Crippen LogP contribution in [0.2, 0.25) is 5.02 Å². The molecular weight excluding hydrogens is 452 g/mol. The molecule has 3 aromatic rings. The third kappa shape index (κ3) is 5.28. The van der Waals surface area contributed by atoms with E-state index < -0.39 is 21.5 Å². The number of carbonyl (C=O) groups is 1. The van der Waals surface area contributed by atoms with Gasteiger partial charge in [-0.3, -0.25) is 0 Å². The minimum absolute atomic E-state index is 0.0378. The van der Waals surface area contributed by atoms with E-state index in [0.717, 1.165) is 0 Å². The van der Waals surface area contributed by atoms with Crippen molar-refractivity contribution in [1.82, 2.24) is 19.7 Å². The molecule has 8 nitrogen and oxygen atoms in total. The highest BCUT2D eigenvalue weighted by Crippen LogP contribution is 2.27. The van der Waals surface area contributed by atoms with Gasteiger partial charge in [0.05, 0.1) is 22.9 Å². The number of amides is 1. The van der Waals surface area contributed by atoms with Crippen molar-refractivity contribution in [3.63, 3.8) is 0 Å². The second-order valence-electron chi connectivity index (χ2n) is 8.29. The Morgan fingerprint density at radius 1 is 1.16 bits per heavy atom. The lowest BCUT2D eigenvalue weighted by Crippen LogP contribution is -2.33. The summed E-state index contributed by atoms with van der Waals surface area (Å²) in [6, 6.07) is 13.0. The number of aryl methyl sites for hydroxylation is 1. The Bertz CT molecular complexity index is 1250. The first-order valence-electron chi connectivity index (χ1n) is 9.85. The lowest BCUT2D eigenvalue weighted by molar-refractivity contribution is 0.0283. The summed E-state index contributed by atoms with van der Waals surface area (Å²) in [7, 11) is -2.47. The topological polar surface area (TPSA) is 94.4 Å². The van der Waals surface area contributed by atoms with Gasteiger partial charge < -0.3 is 9.64 Å². The number of aromatic nitrogens is 3. The molecule has 0 spiro atoms. The second-order valence-corrected chi connectivity index (χ2v) is 10.5. The number of para-hydroxylation sites is 1. The zero-order valence-corrected chi connectivity index (χ0v) is 20.1. The molecule has 0 aliphatic rings. The Balaban J connectivity index is 2.07. The van der Waals surface area contributed by atoms with Gasteiger partial charge in [-0.25, -0.2) is 22.9 Å². The van der Waals surface area contributed by atoms with Crippen LogP contribution in [0, 0.1) is 6.92 Å². The maximum absolute atomic E-state index is 13.4. The maximum Gasteiger partial charge on any atom is 0.410 e. The average Bonchev–Trinajstić information content (AvgIpc) is 3.11. The number of nitrogens with zero attached hydrogens (tertiary/aromatic N) is 4. The number of carbonyl (C=O) groups excluding carboxylic acids is 1. The van der Waals surface area contributed by atoms with E-state index in [-0.39, 0.29) is 16.6 Å². The number of benzene rings is 1. The van der Waals surface area contributed by atoms with Crippen LogP contribution in [0.3, 0.4) is 0 Å². The highest BCUT2D eigenvalue weighted by Gasteiger charge is 2.28. The van der Waals surface area contributed by atoms with E-state index in [2.05, 4.69) is 10.1 Å². The van der Waals surface area contributed by atoms with Crippen molar-refractivity contribution < 1.29 is 17.9 Å². The van der Waals surface area contributed by atoms with E-state index in [4.69, 9.17) is 16.3 Å². The molecule has 32 heavy (non-hydrogen) atoms. The SMILES string of the molecule is Cc1cccc(S(=O)(=O)c2cc(CN(C)C(=O)OC(C)(C)C)nn2-c2ccccc2Cl)n1. The van der Waals surface area contributed by atoms with Gasteiger partial charge >= 0.3 is 6.09 Å². The molecule has 0 saturated heterocycles. The van der Waals surface area contributed by atoms with Crippen LogP contribution in [0.25, 0.3) is 5.69 Å². The van der Waals surface area contributed by atoms with Gasteiger partial charge in [0.15, 0.2) is 10.1 Å². The van der Waals surface area contributed by atoms with Crippen molar-refractivity contribution in [3.8, 4) is 5.69 Å². The standard InChI is InChI=1S/C22H25ClN4O4S/c1-15-9-8-12-19(24-15)32(29,30)20-13-16(14-26(5)21(28)31-22(2,3)4)25-27(20)18-11-7-6-10-17(18)23/h6-13H,14H2,1-5H3. The summed E-state index contributed by atoms with van der Waals surface area (Å²) < 4.78 is 33.5. The van der Waals surface area contributed by atoms with E-state index >= 15 is 0 Å². The summed E-state index contributed by atoms with van der Waals surface area (Å²) in [5.41, 5.74) is 0.656. The van der Waals surface area contributed by atoms with E-state index in [9.17, 15) is 13.2 Å². The van der Waals surface area contributed by atoms with Crippen LogP contribution < -0.4 is 0 Å². The average molecular weight is 477 g/mol. The molecule has 0 atom stereocenters. The van der Waals surface area contributed by atoms with Crippen LogP contribution in [0.5, 0.6) is 0 Å². The number of sulfone groups is 1. The number of hydrogen-bond acceptors (Lipinski definition) is 6. The van der Waals surface area contributed by atoms with Crippen LogP contribution in [-0.2, 0) is 21.1 Å². The highest BCUT2D eigenvalue weighted by molar-refractivity contribution is 7.91. The number of pyridine rings is 1. The predicted molar refractivity (Wildman–Crippen MR) is 121 cm³/mol. The smallest absolute Gasteiger partial charge is 0.410 e. The molecule has 1 amide bonds. The Kier molecular flexibility index (Phi) is 6.61. The van der Waals surface area contributed by atoms with Gasteiger partial charge in [0, 0.05) is 18.8 Å². The van der Waals surface area contributed by atoms with Crippen LogP contribution >= 0.6 is 11.6 Å². The second kappa shape index (κ2) is 8.91. The summed E-state index contributed by atoms with van der Waals surface area (Å²) in [6.07, 6.45) is -0.547. The van der Waals surface area contributed by atoms with Gasteiger partial charge in [-0.2, -0.15) is 5.10 Å². The largest absolute Gasteiger partial charge is 0.444 e. The molecule has 3 rings (SSSR count). The fourth-order valence-electron chi connectivity index (χ4n) is 2.90. The van der Waals surface area contributed by atoms with Gasteiger partial charge in [0.1, 0.15) is 5.60 Å². The van der Waals surface area contributed by atoms with Crippen molar-refractivity contribution in [2.24, 2.45) is 0 Å². The molecule has 170 valence electrons. The molecule has 0 saturated carbocycles. The number of ether oxygens (including phenoxy) is 1. The van der Waals surface area contributed by atoms with Gasteiger partial charge in [0.25, 0.3) is 0 Å². The minimum Gasteiger partial charge on any atom is -0.444 e. The van der Waals surface area contributed by atoms with Gasteiger partial charge in [-0.1, -0.05) is 29.8 Å². The monoisotopic (exact) mass is 476 g/mol. The number of hydrogen-bond donors (Lipinski definition) is 0. The van der Waals surface area contributed by atoms with Gasteiger partial charge in [-0.15, -0.1) is 0 Å². The van der Waals surface area contributed by atoms with Crippen molar-refractivity contribution in [3.05, 3.63) is 64.9 Å². The Hall–Kier alpha value is -2.91. The Morgan fingerprint density at radius 2 is 1.84 bits per heavy atom. The van der Waals surface area contributed by atoms with Crippen LogP contribution in [0.4, 0.5) is 4.79 Å². The van der Waals surface area contributed by atoms with E-state index in [1.54, 1.807) is 71.1 Å². The van der Waals surface area contributed by atoms with E-state index in [1.807, 2.05) is 0 Å². The molecule has 0 bridgehead atoms. The van der Waals surface area contributed by atoms with Crippen molar-refractivity contribution >= 4 is 27.5 Å². The van der Waals surface area contributed by atoms with E-state index in [0.29, 0.717) is 22.1 Å². The third-order valence-corrected chi connectivity index (χ3v) is 6.26. The Morgan fingerprint density at radius 3 is 2.47 bits per heavy atom. The predicted octanol–water partition coefficient (Wildman–Crippen LogP) is 4.43. The molecule has 0 unspecified atom stereocenters. The summed E-state index contributed by atoms with van der Waals surface area (Å²) in [5.74, 6) is 0. The molecule has 1 aromatic carbocycles. The summed E-state index contributed by atoms with van der Waals surface area (Å²) in [5, 5.41) is 4.58. The minimum atomic E-state index is -4.03. The summed E-state index contributed by atoms with van der Waals surface area (Å²) >= 11 is 6.33. The van der Waals surface area contributed by atoms with Gasteiger partial charge in [-0.05, 0) is 52.0 Å². The first-order chi connectivity index (χ1) is 14.9. The first kappa shape index (κ1) is 23.7. The lowest BCUT2D eigenvalue weighted by Gasteiger charge is -2.24. The molecule has 2 heterocycles. The molecular formula is C22H25ClN4O4S. The normalized spacial score (nSPS) is 11.9. The first-order valence-corrected chi connectivity index (χ1v) is 11.7. The lowest BCUT2D eigenvalue weighted by atomic mass is 10.2. The zero-order chi connectivity index (χ0) is 23.7. The van der Waals surface area contributed by atoms with Crippen LogP contribution in [-0.4, -0.2) is 46.8 Å². The van der Waals surface area contributed by atoms with Crippen molar-refractivity contribution in [1.29, 1.82) is 0 Å². The fourth-order valence-corrected chi connectivity index (χ4v) is 4.51. The van der Waals surface area contributed by atoms with Crippen molar-refractivity contribution in [2.75, 3.05) is 7.05 Å². The van der Waals surface area contributed by atoms with Crippen molar-refractivity contribution in [2.45, 2.75) is 49.9 Å². The fraction of sp³-hybridized carbons (Fsp3) is 0.318. The van der Waals surface area contributed by atoms with Crippen LogP contribution in [0.1, 0.15) is 32.2 Å². The molecule has 0 radical (unpaired) electrons. The van der Waals surface area contributed by atoms with E-state index in [1.165, 1.54) is 21.7 Å². The third-order valence-electron chi connectivity index (χ3n) is 4.33. The molecule has 0 fully saturated rings. The number of halogens is 1.